The normalized spacial score (nSPS) is 26.5. The van der Waals surface area contributed by atoms with E-state index in [4.69, 9.17) is 0 Å². The number of likely N-dealkylation sites (tertiary alicyclic amines) is 1. The van der Waals surface area contributed by atoms with Crippen LogP contribution in [0, 0.1) is 0 Å². The fourth-order valence-electron chi connectivity index (χ4n) is 4.47. The number of hydrogen-bond donors (Lipinski definition) is 1. The lowest BCUT2D eigenvalue weighted by molar-refractivity contribution is -0.136. The van der Waals surface area contributed by atoms with Crippen molar-refractivity contribution in [2.24, 2.45) is 7.05 Å². The molecule has 1 aliphatic heterocycles. The number of fused-ring (bicyclic) bond motifs is 1. The molecule has 0 radical (unpaired) electrons. The van der Waals surface area contributed by atoms with Crippen molar-refractivity contribution in [1.29, 1.82) is 0 Å². The second-order valence-corrected chi connectivity index (χ2v) is 7.52. The predicted molar refractivity (Wildman–Crippen MR) is 99.5 cm³/mol. The molecule has 1 aliphatic carbocycles. The molecule has 1 N–H and O–H groups in total. The first-order valence-corrected chi connectivity index (χ1v) is 9.56. The van der Waals surface area contributed by atoms with Crippen LogP contribution >= 0.6 is 0 Å². The lowest BCUT2D eigenvalue weighted by Gasteiger charge is -2.41. The molecular weight excluding hydrogens is 326 g/mol. The minimum absolute atomic E-state index is 0.0347. The van der Waals surface area contributed by atoms with Crippen LogP contribution in [0.25, 0.3) is 0 Å². The van der Waals surface area contributed by atoms with E-state index in [0.29, 0.717) is 12.5 Å². The Morgan fingerprint density at radius 1 is 1.08 bits per heavy atom. The predicted octanol–water partition coefficient (Wildman–Crippen LogP) is 2.01. The molecule has 3 heterocycles. The molecule has 1 fully saturated rings. The van der Waals surface area contributed by atoms with Gasteiger partial charge in [0.15, 0.2) is 0 Å². The van der Waals surface area contributed by atoms with Gasteiger partial charge in [-0.3, -0.25) is 14.5 Å². The number of amides is 1. The third-order valence-electron chi connectivity index (χ3n) is 5.95. The summed E-state index contributed by atoms with van der Waals surface area (Å²) in [7, 11) is 3.87. The molecule has 1 saturated heterocycles. The van der Waals surface area contributed by atoms with E-state index in [1.165, 1.54) is 11.3 Å². The minimum Gasteiger partial charge on any atom is -0.336 e. The highest BCUT2D eigenvalue weighted by atomic mass is 16.2. The van der Waals surface area contributed by atoms with Gasteiger partial charge in [-0.15, -0.1) is 0 Å². The van der Waals surface area contributed by atoms with Crippen LogP contribution in [-0.4, -0.2) is 44.7 Å². The maximum Gasteiger partial charge on any atom is 0.222 e. The molecule has 0 spiro atoms. The van der Waals surface area contributed by atoms with E-state index >= 15 is 0 Å². The molecule has 1 unspecified atom stereocenters. The van der Waals surface area contributed by atoms with Gasteiger partial charge in [0, 0.05) is 50.7 Å². The van der Waals surface area contributed by atoms with Crippen molar-refractivity contribution in [2.45, 2.75) is 56.7 Å². The molecule has 2 aromatic rings. The molecule has 26 heavy (non-hydrogen) atoms. The molecular formula is C20H27N5O. The number of carbonyl (C=O) groups excluding carboxylic acids is 1. The summed E-state index contributed by atoms with van der Waals surface area (Å²) in [5.41, 5.74) is 3.73. The fraction of sp³-hybridized carbons (Fsp3) is 0.550. The number of hydrogen-bond acceptors (Lipinski definition) is 4. The summed E-state index contributed by atoms with van der Waals surface area (Å²) >= 11 is 0. The van der Waals surface area contributed by atoms with Crippen LogP contribution in [0.1, 0.15) is 48.7 Å². The van der Waals surface area contributed by atoms with Gasteiger partial charge >= 0.3 is 0 Å². The molecule has 138 valence electrons. The topological polar surface area (TPSA) is 63.1 Å². The van der Waals surface area contributed by atoms with Crippen LogP contribution in [-0.2, 0) is 24.7 Å². The second kappa shape index (κ2) is 7.19. The zero-order chi connectivity index (χ0) is 18.1. The van der Waals surface area contributed by atoms with Crippen molar-refractivity contribution < 1.29 is 4.79 Å². The van der Waals surface area contributed by atoms with Gasteiger partial charge < -0.3 is 10.2 Å². The van der Waals surface area contributed by atoms with Gasteiger partial charge in [0.1, 0.15) is 0 Å². The third kappa shape index (κ3) is 3.26. The smallest absolute Gasteiger partial charge is 0.222 e. The molecule has 1 amide bonds. The lowest BCUT2D eigenvalue weighted by atomic mass is 9.92. The van der Waals surface area contributed by atoms with E-state index in [9.17, 15) is 4.79 Å². The van der Waals surface area contributed by atoms with Gasteiger partial charge in [0.25, 0.3) is 0 Å². The summed E-state index contributed by atoms with van der Waals surface area (Å²) < 4.78 is 1.89. The largest absolute Gasteiger partial charge is 0.336 e. The number of piperidine rings is 1. The van der Waals surface area contributed by atoms with Gasteiger partial charge in [-0.1, -0.05) is 6.07 Å². The zero-order valence-corrected chi connectivity index (χ0v) is 15.6. The molecule has 2 aliphatic rings. The zero-order valence-electron chi connectivity index (χ0n) is 15.6. The number of nitrogens with zero attached hydrogens (tertiary/aromatic N) is 4. The first-order chi connectivity index (χ1) is 12.6. The van der Waals surface area contributed by atoms with E-state index < -0.39 is 0 Å². The number of pyridine rings is 1. The Morgan fingerprint density at radius 3 is 2.73 bits per heavy atom. The number of likely N-dealkylation sites (N-methyl/N-ethyl adjacent to an activating group) is 1. The number of carbonyl (C=O) groups is 1. The van der Waals surface area contributed by atoms with Gasteiger partial charge in [-0.2, -0.15) is 5.10 Å². The van der Waals surface area contributed by atoms with Crippen LogP contribution < -0.4 is 5.32 Å². The Labute approximate surface area is 154 Å². The van der Waals surface area contributed by atoms with E-state index in [1.54, 1.807) is 0 Å². The highest BCUT2D eigenvalue weighted by Gasteiger charge is 2.37. The molecule has 0 bridgehead atoms. The van der Waals surface area contributed by atoms with E-state index in [1.807, 2.05) is 48.2 Å². The highest BCUT2D eigenvalue weighted by Crippen LogP contribution is 2.31. The molecule has 3 atom stereocenters. The van der Waals surface area contributed by atoms with Crippen molar-refractivity contribution >= 4 is 5.91 Å². The Morgan fingerprint density at radius 2 is 1.92 bits per heavy atom. The standard InChI is InChI=1S/C20H27N5O/c1-24-19(26)10-9-17(20(24)18-11-13-22-25(18)2)23-15-6-5-14-4-3-12-21-16(14)8-7-15/h3-4,11-13,15,17,20,23H,5-10H2,1-2H3/t15?,17-,20-/m1/s1. The summed E-state index contributed by atoms with van der Waals surface area (Å²) in [5.74, 6) is 0.215. The molecule has 0 aromatic carbocycles. The maximum atomic E-state index is 12.3. The van der Waals surface area contributed by atoms with Crippen molar-refractivity contribution in [1.82, 2.24) is 25.0 Å². The summed E-state index contributed by atoms with van der Waals surface area (Å²) in [5, 5.41) is 8.20. The monoisotopic (exact) mass is 353 g/mol. The van der Waals surface area contributed by atoms with Crippen molar-refractivity contribution in [3.05, 3.63) is 47.5 Å². The minimum atomic E-state index is 0.0347. The lowest BCUT2D eigenvalue weighted by Crippen LogP contribution is -2.52. The molecule has 6 nitrogen and oxygen atoms in total. The summed E-state index contributed by atoms with van der Waals surface area (Å²) in [4.78, 5) is 18.8. The summed E-state index contributed by atoms with van der Waals surface area (Å²) in [6.07, 6.45) is 9.49. The van der Waals surface area contributed by atoms with Crippen molar-refractivity contribution in [2.75, 3.05) is 7.05 Å². The molecule has 2 aromatic heterocycles. The Balaban J connectivity index is 1.51. The Hall–Kier alpha value is -2.21. The number of nitrogens with one attached hydrogen (secondary N) is 1. The Kier molecular flexibility index (Phi) is 4.76. The first-order valence-electron chi connectivity index (χ1n) is 9.56. The third-order valence-corrected chi connectivity index (χ3v) is 5.95. The summed E-state index contributed by atoms with van der Waals surface area (Å²) in [6.45, 7) is 0. The van der Waals surface area contributed by atoms with Gasteiger partial charge in [0.05, 0.1) is 11.7 Å². The van der Waals surface area contributed by atoms with E-state index in [0.717, 1.165) is 37.8 Å². The number of aryl methyl sites for hydroxylation is 3. The average Bonchev–Trinajstić information content (AvgIpc) is 2.95. The van der Waals surface area contributed by atoms with Gasteiger partial charge in [-0.25, -0.2) is 0 Å². The van der Waals surface area contributed by atoms with Crippen LogP contribution in [0.15, 0.2) is 30.6 Å². The Bertz CT molecular complexity index is 759. The van der Waals surface area contributed by atoms with Crippen LogP contribution in [0.5, 0.6) is 0 Å². The first kappa shape index (κ1) is 17.2. The number of rotatable bonds is 3. The average molecular weight is 353 g/mol. The van der Waals surface area contributed by atoms with Crippen molar-refractivity contribution in [3.8, 4) is 0 Å². The van der Waals surface area contributed by atoms with E-state index in [2.05, 4.69) is 21.5 Å². The van der Waals surface area contributed by atoms with Crippen molar-refractivity contribution in [3.63, 3.8) is 0 Å². The second-order valence-electron chi connectivity index (χ2n) is 7.52. The van der Waals surface area contributed by atoms with Crippen LogP contribution in [0.4, 0.5) is 0 Å². The molecule has 6 heteroatoms. The fourth-order valence-corrected chi connectivity index (χ4v) is 4.47. The van der Waals surface area contributed by atoms with Crippen LogP contribution in [0.2, 0.25) is 0 Å². The maximum absolute atomic E-state index is 12.3. The highest BCUT2D eigenvalue weighted by molar-refractivity contribution is 5.77. The van der Waals surface area contributed by atoms with Gasteiger partial charge in [0.2, 0.25) is 5.91 Å². The SMILES string of the molecule is CN1C(=O)CC[C@@H](NC2CCc3cccnc3CC2)[C@@H]1c1ccnn1C. The quantitative estimate of drug-likeness (QED) is 0.858. The summed E-state index contributed by atoms with van der Waals surface area (Å²) in [6, 6.07) is 7.01. The molecule has 0 saturated carbocycles. The van der Waals surface area contributed by atoms with Gasteiger partial charge in [-0.05, 0) is 49.8 Å². The van der Waals surface area contributed by atoms with E-state index in [-0.39, 0.29) is 18.0 Å². The number of aromatic nitrogens is 3. The van der Waals surface area contributed by atoms with Crippen LogP contribution in [0.3, 0.4) is 0 Å². The molecule has 4 rings (SSSR count).